The zero-order chi connectivity index (χ0) is 7.56. The quantitative estimate of drug-likeness (QED) is 0.515. The lowest BCUT2D eigenvalue weighted by molar-refractivity contribution is 0.112. The summed E-state index contributed by atoms with van der Waals surface area (Å²) < 4.78 is 12.7. The zero-order valence-electron chi connectivity index (χ0n) is 4.84. The predicted octanol–water partition coefficient (Wildman–Crippen LogP) is 1.80. The molecule has 0 bridgehead atoms. The molecule has 2 nitrogen and oxygen atoms in total. The molecule has 1 aromatic heterocycles. The molecular weight excluding hydrogens is 201 g/mol. The second kappa shape index (κ2) is 2.88. The van der Waals surface area contributed by atoms with Crippen LogP contribution in [0.25, 0.3) is 0 Å². The van der Waals surface area contributed by atoms with Crippen molar-refractivity contribution in [3.8, 4) is 0 Å². The van der Waals surface area contributed by atoms with Crippen LogP contribution < -0.4 is 0 Å². The third-order valence-corrected chi connectivity index (χ3v) is 1.62. The van der Waals surface area contributed by atoms with Crippen LogP contribution in [0.2, 0.25) is 0 Å². The van der Waals surface area contributed by atoms with Gasteiger partial charge in [0.05, 0.1) is 11.8 Å². The molecular formula is C6H3BrFNO. The first-order valence-corrected chi connectivity index (χ1v) is 3.29. The summed E-state index contributed by atoms with van der Waals surface area (Å²) >= 11 is 2.98. The molecule has 0 N–H and O–H groups in total. The average Bonchev–Trinajstić information content (AvgIpc) is 1.94. The van der Waals surface area contributed by atoms with E-state index in [0.29, 0.717) is 10.9 Å². The molecule has 1 aromatic rings. The molecule has 1 heterocycles. The first-order valence-electron chi connectivity index (χ1n) is 2.50. The molecule has 0 amide bonds. The van der Waals surface area contributed by atoms with E-state index in [1.54, 1.807) is 0 Å². The number of hydrogen-bond acceptors (Lipinski definition) is 2. The Morgan fingerprint density at radius 3 is 2.90 bits per heavy atom. The lowest BCUT2D eigenvalue weighted by atomic mass is 10.3. The van der Waals surface area contributed by atoms with Crippen molar-refractivity contribution in [2.24, 2.45) is 0 Å². The van der Waals surface area contributed by atoms with Crippen LogP contribution in [0.4, 0.5) is 4.39 Å². The van der Waals surface area contributed by atoms with Crippen LogP contribution in [0, 0.1) is 5.82 Å². The van der Waals surface area contributed by atoms with Crippen LogP contribution in [-0.4, -0.2) is 11.3 Å². The Morgan fingerprint density at radius 2 is 2.40 bits per heavy atom. The largest absolute Gasteiger partial charge is 0.298 e. The fourth-order valence-corrected chi connectivity index (χ4v) is 0.831. The van der Waals surface area contributed by atoms with Gasteiger partial charge >= 0.3 is 0 Å². The van der Waals surface area contributed by atoms with E-state index in [9.17, 15) is 9.18 Å². The van der Waals surface area contributed by atoms with Gasteiger partial charge in [-0.2, -0.15) is 0 Å². The lowest BCUT2D eigenvalue weighted by Gasteiger charge is -1.92. The van der Waals surface area contributed by atoms with Crippen molar-refractivity contribution in [3.05, 3.63) is 28.2 Å². The SMILES string of the molecule is O=Cc1cc(F)cnc1Br. The molecule has 0 unspecified atom stereocenters. The number of aromatic nitrogens is 1. The maximum atomic E-state index is 12.3. The normalized spacial score (nSPS) is 9.40. The van der Waals surface area contributed by atoms with Gasteiger partial charge in [-0.25, -0.2) is 9.37 Å². The van der Waals surface area contributed by atoms with Crippen molar-refractivity contribution in [2.45, 2.75) is 0 Å². The molecule has 0 fully saturated rings. The van der Waals surface area contributed by atoms with Crippen molar-refractivity contribution in [2.75, 3.05) is 0 Å². The molecule has 0 aromatic carbocycles. The molecule has 0 saturated carbocycles. The highest BCUT2D eigenvalue weighted by molar-refractivity contribution is 9.10. The molecule has 0 radical (unpaired) electrons. The number of halogens is 2. The van der Waals surface area contributed by atoms with Gasteiger partial charge in [0.1, 0.15) is 10.4 Å². The molecule has 0 spiro atoms. The number of rotatable bonds is 1. The van der Waals surface area contributed by atoms with Crippen molar-refractivity contribution in [3.63, 3.8) is 0 Å². The summed E-state index contributed by atoms with van der Waals surface area (Å²) in [4.78, 5) is 13.7. The Kier molecular flexibility index (Phi) is 2.11. The Morgan fingerprint density at radius 1 is 1.70 bits per heavy atom. The van der Waals surface area contributed by atoms with E-state index in [4.69, 9.17) is 0 Å². The summed E-state index contributed by atoms with van der Waals surface area (Å²) in [6, 6.07) is 1.12. The van der Waals surface area contributed by atoms with Gasteiger partial charge in [-0.1, -0.05) is 0 Å². The number of carbonyl (C=O) groups is 1. The standard InChI is InChI=1S/C6H3BrFNO/c7-6-4(3-10)1-5(8)2-9-6/h1-3H. The van der Waals surface area contributed by atoms with Crippen molar-refractivity contribution in [1.29, 1.82) is 0 Å². The maximum Gasteiger partial charge on any atom is 0.152 e. The first kappa shape index (κ1) is 7.34. The van der Waals surface area contributed by atoms with E-state index in [2.05, 4.69) is 20.9 Å². The number of nitrogens with zero attached hydrogens (tertiary/aromatic N) is 1. The van der Waals surface area contributed by atoms with Crippen LogP contribution >= 0.6 is 15.9 Å². The fraction of sp³-hybridized carbons (Fsp3) is 0. The Balaban J connectivity index is 3.21. The average molecular weight is 204 g/mol. The van der Waals surface area contributed by atoms with Crippen molar-refractivity contribution < 1.29 is 9.18 Å². The monoisotopic (exact) mass is 203 g/mol. The lowest BCUT2D eigenvalue weighted by Crippen LogP contribution is -1.87. The minimum Gasteiger partial charge on any atom is -0.298 e. The molecule has 1 rings (SSSR count). The summed E-state index contributed by atoms with van der Waals surface area (Å²) in [6.07, 6.45) is 1.58. The minimum absolute atomic E-state index is 0.222. The fourth-order valence-electron chi connectivity index (χ4n) is 0.521. The zero-order valence-corrected chi connectivity index (χ0v) is 6.43. The van der Waals surface area contributed by atoms with Gasteiger partial charge in [0.2, 0.25) is 0 Å². The summed E-state index contributed by atoms with van der Waals surface area (Å²) in [6.45, 7) is 0. The molecule has 0 atom stereocenters. The minimum atomic E-state index is -0.509. The van der Waals surface area contributed by atoms with Crippen LogP contribution in [0.15, 0.2) is 16.9 Å². The van der Waals surface area contributed by atoms with Crippen molar-refractivity contribution >= 4 is 22.2 Å². The predicted molar refractivity (Wildman–Crippen MR) is 37.3 cm³/mol. The first-order chi connectivity index (χ1) is 4.74. The van der Waals surface area contributed by atoms with Gasteiger partial charge in [-0.05, 0) is 22.0 Å². The highest BCUT2D eigenvalue weighted by Gasteiger charge is 1.99. The highest BCUT2D eigenvalue weighted by Crippen LogP contribution is 2.11. The van der Waals surface area contributed by atoms with E-state index in [1.165, 1.54) is 0 Å². The topological polar surface area (TPSA) is 30.0 Å². The Labute approximate surface area is 65.2 Å². The number of carbonyl (C=O) groups excluding carboxylic acids is 1. The summed E-state index contributed by atoms with van der Waals surface area (Å²) in [7, 11) is 0. The second-order valence-electron chi connectivity index (χ2n) is 1.65. The van der Waals surface area contributed by atoms with Gasteiger partial charge in [0.25, 0.3) is 0 Å². The van der Waals surface area contributed by atoms with Crippen LogP contribution in [0.5, 0.6) is 0 Å². The molecule has 0 saturated heterocycles. The number of hydrogen-bond donors (Lipinski definition) is 0. The molecule has 0 aliphatic heterocycles. The van der Waals surface area contributed by atoms with Crippen LogP contribution in [-0.2, 0) is 0 Å². The van der Waals surface area contributed by atoms with Gasteiger partial charge in [0, 0.05) is 0 Å². The Bertz CT molecular complexity index is 264. The summed E-state index contributed by atoms with van der Waals surface area (Å²) in [5.74, 6) is -0.509. The number of aldehydes is 1. The summed E-state index contributed by atoms with van der Waals surface area (Å²) in [5, 5.41) is 0. The molecule has 0 aliphatic rings. The maximum absolute atomic E-state index is 12.3. The molecule has 4 heteroatoms. The Hall–Kier alpha value is -0.770. The molecule has 52 valence electrons. The molecule has 10 heavy (non-hydrogen) atoms. The van der Waals surface area contributed by atoms with E-state index in [-0.39, 0.29) is 5.56 Å². The van der Waals surface area contributed by atoms with E-state index >= 15 is 0 Å². The van der Waals surface area contributed by atoms with Crippen LogP contribution in [0.3, 0.4) is 0 Å². The second-order valence-corrected chi connectivity index (χ2v) is 2.40. The van der Waals surface area contributed by atoms with E-state index in [0.717, 1.165) is 12.3 Å². The third kappa shape index (κ3) is 1.39. The van der Waals surface area contributed by atoms with Gasteiger partial charge < -0.3 is 0 Å². The van der Waals surface area contributed by atoms with E-state index in [1.807, 2.05) is 0 Å². The van der Waals surface area contributed by atoms with Crippen LogP contribution in [0.1, 0.15) is 10.4 Å². The summed E-state index contributed by atoms with van der Waals surface area (Å²) in [5.41, 5.74) is 0.222. The van der Waals surface area contributed by atoms with E-state index < -0.39 is 5.82 Å². The molecule has 0 aliphatic carbocycles. The highest BCUT2D eigenvalue weighted by atomic mass is 79.9. The third-order valence-electron chi connectivity index (χ3n) is 0.960. The number of pyridine rings is 1. The van der Waals surface area contributed by atoms with Crippen molar-refractivity contribution in [1.82, 2.24) is 4.98 Å². The smallest absolute Gasteiger partial charge is 0.152 e. The van der Waals surface area contributed by atoms with Gasteiger partial charge in [0.15, 0.2) is 6.29 Å². The van der Waals surface area contributed by atoms with Gasteiger partial charge in [-0.15, -0.1) is 0 Å². The van der Waals surface area contributed by atoms with Gasteiger partial charge in [-0.3, -0.25) is 4.79 Å².